The zero-order valence-electron chi connectivity index (χ0n) is 10.8. The average molecular weight is 282 g/mol. The summed E-state index contributed by atoms with van der Waals surface area (Å²) in [6.07, 6.45) is 3.26. The van der Waals surface area contributed by atoms with Gasteiger partial charge in [-0.1, -0.05) is 11.6 Å². The van der Waals surface area contributed by atoms with Gasteiger partial charge >= 0.3 is 0 Å². The molecular weight excluding hydrogens is 266 g/mol. The molecule has 0 spiro atoms. The molecule has 1 atom stereocenters. The molecule has 0 saturated heterocycles. The van der Waals surface area contributed by atoms with Crippen LogP contribution in [0.25, 0.3) is 5.69 Å². The number of nitrogens with two attached hydrogens (primary N) is 1. The molecule has 2 aromatic rings. The number of benzene rings is 1. The van der Waals surface area contributed by atoms with E-state index in [-0.39, 0.29) is 6.61 Å². The average Bonchev–Trinajstić information content (AvgIpc) is 2.89. The first-order valence-corrected chi connectivity index (χ1v) is 6.19. The normalized spacial score (nSPS) is 12.5. The second-order valence-corrected chi connectivity index (χ2v) is 4.66. The molecule has 1 unspecified atom stereocenters. The van der Waals surface area contributed by atoms with Crippen molar-refractivity contribution in [2.45, 2.75) is 13.0 Å². The Morgan fingerprint density at radius 1 is 1.53 bits per heavy atom. The molecule has 0 amide bonds. The molecule has 0 saturated carbocycles. The second kappa shape index (κ2) is 5.61. The van der Waals surface area contributed by atoms with E-state index >= 15 is 0 Å². The van der Waals surface area contributed by atoms with Crippen LogP contribution in [-0.4, -0.2) is 28.4 Å². The lowest BCUT2D eigenvalue weighted by molar-refractivity contribution is 0.264. The van der Waals surface area contributed by atoms with Crippen LogP contribution in [0.2, 0.25) is 5.02 Å². The van der Waals surface area contributed by atoms with Gasteiger partial charge in [0, 0.05) is 11.1 Å². The van der Waals surface area contributed by atoms with Crippen LogP contribution in [0.3, 0.4) is 0 Å². The summed E-state index contributed by atoms with van der Waals surface area (Å²) < 4.78 is 7.13. The van der Waals surface area contributed by atoms with E-state index in [1.54, 1.807) is 30.3 Å². The minimum absolute atomic E-state index is 0.152. The van der Waals surface area contributed by atoms with Crippen LogP contribution in [0, 0.1) is 6.92 Å². The van der Waals surface area contributed by atoms with Crippen LogP contribution < -0.4 is 10.5 Å². The molecule has 102 valence electrons. The number of aliphatic hydroxyl groups excluding tert-OH is 1. The third-order valence-electron chi connectivity index (χ3n) is 2.96. The Morgan fingerprint density at radius 2 is 2.26 bits per heavy atom. The molecule has 1 aromatic heterocycles. The van der Waals surface area contributed by atoms with E-state index in [1.807, 2.05) is 13.0 Å². The van der Waals surface area contributed by atoms with E-state index in [9.17, 15) is 5.11 Å². The Bertz CT molecular complexity index is 583. The van der Waals surface area contributed by atoms with Crippen molar-refractivity contribution in [1.29, 1.82) is 0 Å². The molecule has 3 N–H and O–H groups in total. The lowest BCUT2D eigenvalue weighted by Gasteiger charge is -2.16. The van der Waals surface area contributed by atoms with Gasteiger partial charge in [0.15, 0.2) is 0 Å². The number of hydrogen-bond acceptors (Lipinski definition) is 4. The Hall–Kier alpha value is -1.56. The Morgan fingerprint density at radius 3 is 2.89 bits per heavy atom. The van der Waals surface area contributed by atoms with Gasteiger partial charge in [0.05, 0.1) is 43.7 Å². The van der Waals surface area contributed by atoms with Gasteiger partial charge in [-0.2, -0.15) is 0 Å². The number of rotatable bonds is 4. The van der Waals surface area contributed by atoms with Crippen LogP contribution in [0.15, 0.2) is 24.7 Å². The maximum atomic E-state index is 9.18. The molecule has 2 rings (SSSR count). The molecule has 1 heterocycles. The van der Waals surface area contributed by atoms with Gasteiger partial charge in [-0.05, 0) is 18.6 Å². The van der Waals surface area contributed by atoms with Crippen LogP contribution in [0.1, 0.15) is 17.3 Å². The fourth-order valence-corrected chi connectivity index (χ4v) is 2.03. The van der Waals surface area contributed by atoms with Gasteiger partial charge in [-0.15, -0.1) is 0 Å². The van der Waals surface area contributed by atoms with Gasteiger partial charge in [0.2, 0.25) is 0 Å². The van der Waals surface area contributed by atoms with E-state index in [2.05, 4.69) is 4.98 Å². The van der Waals surface area contributed by atoms with Gasteiger partial charge in [0.25, 0.3) is 0 Å². The molecule has 0 radical (unpaired) electrons. The van der Waals surface area contributed by atoms with E-state index in [4.69, 9.17) is 22.1 Å². The third-order valence-corrected chi connectivity index (χ3v) is 3.37. The topological polar surface area (TPSA) is 73.3 Å². The maximum Gasteiger partial charge on any atom is 0.144 e. The van der Waals surface area contributed by atoms with Crippen molar-refractivity contribution in [3.8, 4) is 11.4 Å². The lowest BCUT2D eigenvalue weighted by atomic mass is 10.2. The summed E-state index contributed by atoms with van der Waals surface area (Å²) in [5.41, 5.74) is 8.29. The zero-order valence-corrected chi connectivity index (χ0v) is 11.6. The summed E-state index contributed by atoms with van der Waals surface area (Å²) in [5.74, 6) is 0.625. The quantitative estimate of drug-likeness (QED) is 0.897. The van der Waals surface area contributed by atoms with Gasteiger partial charge in [-0.25, -0.2) is 4.98 Å². The summed E-state index contributed by atoms with van der Waals surface area (Å²) in [6.45, 7) is 1.76. The highest BCUT2D eigenvalue weighted by Gasteiger charge is 2.15. The van der Waals surface area contributed by atoms with Crippen molar-refractivity contribution in [2.24, 2.45) is 5.73 Å². The number of nitrogens with zero attached hydrogens (tertiary/aromatic N) is 2. The number of aliphatic hydroxyl groups is 1. The molecule has 5 nitrogen and oxygen atoms in total. The number of methoxy groups -OCH3 is 1. The van der Waals surface area contributed by atoms with Gasteiger partial charge in [0.1, 0.15) is 5.75 Å². The van der Waals surface area contributed by atoms with Crippen LogP contribution >= 0.6 is 11.6 Å². The van der Waals surface area contributed by atoms with Crippen molar-refractivity contribution in [3.63, 3.8) is 0 Å². The molecule has 0 fully saturated rings. The van der Waals surface area contributed by atoms with Crippen molar-refractivity contribution < 1.29 is 9.84 Å². The SMILES string of the molecule is COc1cc(Cl)c(C)cc1-n1cncc1C(N)CO. The van der Waals surface area contributed by atoms with E-state index in [1.165, 1.54) is 0 Å². The van der Waals surface area contributed by atoms with Crippen molar-refractivity contribution in [3.05, 3.63) is 40.9 Å². The maximum absolute atomic E-state index is 9.18. The highest BCUT2D eigenvalue weighted by atomic mass is 35.5. The van der Waals surface area contributed by atoms with E-state index in [0.29, 0.717) is 16.5 Å². The molecule has 0 aliphatic rings. The van der Waals surface area contributed by atoms with Crippen LogP contribution in [0.4, 0.5) is 0 Å². The zero-order chi connectivity index (χ0) is 14.0. The first-order valence-electron chi connectivity index (χ1n) is 5.81. The van der Waals surface area contributed by atoms with Crippen LogP contribution in [0.5, 0.6) is 5.75 Å². The highest BCUT2D eigenvalue weighted by molar-refractivity contribution is 6.31. The number of imidazole rings is 1. The molecule has 1 aromatic carbocycles. The number of ether oxygens (including phenoxy) is 1. The molecular formula is C13H16ClN3O2. The third kappa shape index (κ3) is 2.58. The number of aryl methyl sites for hydroxylation is 1. The molecule has 0 aliphatic carbocycles. The number of aromatic nitrogens is 2. The van der Waals surface area contributed by atoms with Gasteiger partial charge < -0.3 is 15.6 Å². The van der Waals surface area contributed by atoms with E-state index in [0.717, 1.165) is 11.3 Å². The smallest absolute Gasteiger partial charge is 0.144 e. The first kappa shape index (κ1) is 13.9. The number of halogens is 1. The Labute approximate surface area is 116 Å². The van der Waals surface area contributed by atoms with Crippen molar-refractivity contribution in [2.75, 3.05) is 13.7 Å². The van der Waals surface area contributed by atoms with Crippen molar-refractivity contribution >= 4 is 11.6 Å². The largest absolute Gasteiger partial charge is 0.495 e. The monoisotopic (exact) mass is 281 g/mol. The fraction of sp³-hybridized carbons (Fsp3) is 0.308. The standard InChI is InChI=1S/C13H16ClN3O2/c1-8-3-11(13(19-2)4-9(8)14)17-7-16-5-12(17)10(15)6-18/h3-5,7,10,18H,6,15H2,1-2H3. The minimum atomic E-state index is -0.497. The Balaban J connectivity index is 2.59. The highest BCUT2D eigenvalue weighted by Crippen LogP contribution is 2.31. The fourth-order valence-electron chi connectivity index (χ4n) is 1.87. The lowest BCUT2D eigenvalue weighted by Crippen LogP contribution is -2.18. The van der Waals surface area contributed by atoms with Gasteiger partial charge in [-0.3, -0.25) is 4.57 Å². The van der Waals surface area contributed by atoms with E-state index < -0.39 is 6.04 Å². The number of hydrogen-bond donors (Lipinski definition) is 2. The molecule has 0 bridgehead atoms. The summed E-state index contributed by atoms with van der Waals surface area (Å²) in [6, 6.07) is 3.15. The predicted octanol–water partition coefficient (Wildman–Crippen LogP) is 1.83. The summed E-state index contributed by atoms with van der Waals surface area (Å²) >= 11 is 6.09. The predicted molar refractivity (Wildman–Crippen MR) is 73.9 cm³/mol. The second-order valence-electron chi connectivity index (χ2n) is 4.25. The molecule has 0 aliphatic heterocycles. The summed E-state index contributed by atoms with van der Waals surface area (Å²) in [7, 11) is 1.58. The van der Waals surface area contributed by atoms with Crippen molar-refractivity contribution in [1.82, 2.24) is 9.55 Å². The van der Waals surface area contributed by atoms with Crippen LogP contribution in [-0.2, 0) is 0 Å². The first-order chi connectivity index (χ1) is 9.08. The summed E-state index contributed by atoms with van der Waals surface area (Å²) in [5, 5.41) is 9.82. The minimum Gasteiger partial charge on any atom is -0.495 e. The molecule has 19 heavy (non-hydrogen) atoms. The Kier molecular flexibility index (Phi) is 4.09. The summed E-state index contributed by atoms with van der Waals surface area (Å²) in [4.78, 5) is 4.08. The molecule has 6 heteroatoms.